The van der Waals surface area contributed by atoms with Crippen LogP contribution in [0.2, 0.25) is 0 Å². The minimum Gasteiger partial charge on any atom is -0.354 e. The Labute approximate surface area is 153 Å². The van der Waals surface area contributed by atoms with E-state index in [4.69, 9.17) is 9.47 Å². The normalized spacial score (nSPS) is 12.8. The fourth-order valence-electron chi connectivity index (χ4n) is 2.37. The van der Waals surface area contributed by atoms with Gasteiger partial charge in [-0.05, 0) is 38.1 Å². The van der Waals surface area contributed by atoms with Crippen LogP contribution in [0.25, 0.3) is 0 Å². The van der Waals surface area contributed by atoms with Gasteiger partial charge in [0.15, 0.2) is 12.5 Å². The third kappa shape index (κ3) is 5.68. The molecule has 26 heavy (non-hydrogen) atoms. The van der Waals surface area contributed by atoms with Crippen LogP contribution in [0.15, 0.2) is 60.7 Å². The summed E-state index contributed by atoms with van der Waals surface area (Å²) in [6.45, 7) is 4.32. The molecule has 0 unspecified atom stereocenters. The molecule has 2 rings (SSSR count). The smallest absolute Gasteiger partial charge is 0.253 e. The van der Waals surface area contributed by atoms with Crippen LogP contribution in [-0.2, 0) is 9.47 Å². The first kappa shape index (κ1) is 19.6. The van der Waals surface area contributed by atoms with E-state index in [1.807, 2.05) is 26.0 Å². The second kappa shape index (κ2) is 10.3. The van der Waals surface area contributed by atoms with Gasteiger partial charge in [-0.25, -0.2) is 0 Å². The van der Waals surface area contributed by atoms with Crippen molar-refractivity contribution < 1.29 is 19.1 Å². The fourth-order valence-corrected chi connectivity index (χ4v) is 2.37. The number of carbonyl (C=O) groups is 2. The Bertz CT molecular complexity index is 630. The largest absolute Gasteiger partial charge is 0.354 e. The van der Waals surface area contributed by atoms with Crippen LogP contribution >= 0.6 is 0 Å². The second-order valence-electron chi connectivity index (χ2n) is 5.43. The Morgan fingerprint density at radius 2 is 1.08 bits per heavy atom. The monoisotopic (exact) mass is 356 g/mol. The zero-order valence-corrected chi connectivity index (χ0v) is 15.0. The van der Waals surface area contributed by atoms with E-state index in [1.54, 1.807) is 48.5 Å². The van der Waals surface area contributed by atoms with Crippen molar-refractivity contribution in [3.63, 3.8) is 0 Å². The van der Waals surface area contributed by atoms with E-state index in [1.165, 1.54) is 0 Å². The molecule has 0 radical (unpaired) electrons. The van der Waals surface area contributed by atoms with Gasteiger partial charge in [0.1, 0.15) is 0 Å². The van der Waals surface area contributed by atoms with Crippen molar-refractivity contribution in [3.05, 3.63) is 71.8 Å². The number of hydrogen-bond donors (Lipinski definition) is 2. The van der Waals surface area contributed by atoms with E-state index < -0.39 is 12.5 Å². The fraction of sp³-hybridized carbons (Fsp3) is 0.300. The zero-order chi connectivity index (χ0) is 18.8. The van der Waals surface area contributed by atoms with Crippen LogP contribution < -0.4 is 10.6 Å². The molecule has 0 spiro atoms. The van der Waals surface area contributed by atoms with E-state index in [0.29, 0.717) is 24.3 Å². The molecule has 0 aliphatic rings. The lowest BCUT2D eigenvalue weighted by atomic mass is 10.2. The molecule has 2 aromatic rings. The quantitative estimate of drug-likeness (QED) is 0.677. The molecule has 6 heteroatoms. The SMILES string of the molecule is CCO[C@@H](NC(=O)c1ccccc1)[C@@H](NC(=O)c1ccccc1)OCC. The summed E-state index contributed by atoms with van der Waals surface area (Å²) in [5, 5.41) is 5.55. The van der Waals surface area contributed by atoms with Crippen molar-refractivity contribution in [1.29, 1.82) is 0 Å². The first-order valence-corrected chi connectivity index (χ1v) is 8.60. The third-order valence-corrected chi connectivity index (χ3v) is 3.59. The predicted octanol–water partition coefficient (Wildman–Crippen LogP) is 2.57. The molecule has 138 valence electrons. The molecule has 0 aliphatic heterocycles. The summed E-state index contributed by atoms with van der Waals surface area (Å²) in [5.74, 6) is -0.606. The van der Waals surface area contributed by atoms with Crippen LogP contribution in [0.5, 0.6) is 0 Å². The number of carbonyl (C=O) groups excluding carboxylic acids is 2. The van der Waals surface area contributed by atoms with E-state index in [2.05, 4.69) is 10.6 Å². The molecule has 0 fully saturated rings. The van der Waals surface area contributed by atoms with Crippen molar-refractivity contribution in [2.24, 2.45) is 0 Å². The standard InChI is InChI=1S/C20H24N2O4/c1-3-25-19(21-17(23)15-11-7-5-8-12-15)20(26-4-2)22-18(24)16-13-9-6-10-14-16/h5-14,19-20H,3-4H2,1-2H3,(H,21,23)(H,22,24)/t19-,20+. The predicted molar refractivity (Wildman–Crippen MR) is 98.6 cm³/mol. The van der Waals surface area contributed by atoms with Crippen molar-refractivity contribution in [2.75, 3.05) is 13.2 Å². The van der Waals surface area contributed by atoms with Gasteiger partial charge in [-0.3, -0.25) is 9.59 Å². The van der Waals surface area contributed by atoms with Crippen LogP contribution in [0.4, 0.5) is 0 Å². The van der Waals surface area contributed by atoms with Crippen LogP contribution in [-0.4, -0.2) is 37.5 Å². The highest BCUT2D eigenvalue weighted by Gasteiger charge is 2.26. The van der Waals surface area contributed by atoms with Crippen LogP contribution in [0, 0.1) is 0 Å². The molecular formula is C20H24N2O4. The number of benzene rings is 2. The molecule has 6 nitrogen and oxygen atoms in total. The highest BCUT2D eigenvalue weighted by atomic mass is 16.6. The summed E-state index contributed by atoms with van der Waals surface area (Å²) < 4.78 is 11.2. The number of hydrogen-bond acceptors (Lipinski definition) is 4. The van der Waals surface area contributed by atoms with E-state index >= 15 is 0 Å². The van der Waals surface area contributed by atoms with Crippen LogP contribution in [0.3, 0.4) is 0 Å². The molecule has 0 bridgehead atoms. The van der Waals surface area contributed by atoms with Gasteiger partial charge in [-0.1, -0.05) is 36.4 Å². The van der Waals surface area contributed by atoms with Gasteiger partial charge >= 0.3 is 0 Å². The van der Waals surface area contributed by atoms with Gasteiger partial charge in [-0.15, -0.1) is 0 Å². The van der Waals surface area contributed by atoms with Crippen molar-refractivity contribution in [2.45, 2.75) is 26.3 Å². The summed E-state index contributed by atoms with van der Waals surface area (Å²) in [4.78, 5) is 24.9. The van der Waals surface area contributed by atoms with Gasteiger partial charge in [0.05, 0.1) is 0 Å². The molecule has 0 saturated carbocycles. The van der Waals surface area contributed by atoms with Gasteiger partial charge < -0.3 is 20.1 Å². The Kier molecular flexibility index (Phi) is 7.79. The van der Waals surface area contributed by atoms with E-state index in [0.717, 1.165) is 0 Å². The number of amides is 2. The van der Waals surface area contributed by atoms with Gasteiger partial charge in [0.25, 0.3) is 11.8 Å². The van der Waals surface area contributed by atoms with Gasteiger partial charge in [0.2, 0.25) is 0 Å². The molecule has 2 N–H and O–H groups in total. The maximum Gasteiger partial charge on any atom is 0.253 e. The maximum absolute atomic E-state index is 12.4. The zero-order valence-electron chi connectivity index (χ0n) is 15.0. The van der Waals surface area contributed by atoms with Crippen molar-refractivity contribution in [3.8, 4) is 0 Å². The molecule has 2 atom stereocenters. The van der Waals surface area contributed by atoms with Gasteiger partial charge in [-0.2, -0.15) is 0 Å². The Balaban J connectivity index is 2.11. The molecule has 2 aromatic carbocycles. The average Bonchev–Trinajstić information content (AvgIpc) is 2.68. The van der Waals surface area contributed by atoms with Gasteiger partial charge in [0, 0.05) is 24.3 Å². The topological polar surface area (TPSA) is 76.7 Å². The Hall–Kier alpha value is -2.70. The Morgan fingerprint density at radius 1 is 0.731 bits per heavy atom. The molecular weight excluding hydrogens is 332 g/mol. The van der Waals surface area contributed by atoms with Crippen molar-refractivity contribution in [1.82, 2.24) is 10.6 Å². The number of ether oxygens (including phenoxy) is 2. The molecule has 2 amide bonds. The average molecular weight is 356 g/mol. The third-order valence-electron chi connectivity index (χ3n) is 3.59. The van der Waals surface area contributed by atoms with Crippen LogP contribution in [0.1, 0.15) is 34.6 Å². The summed E-state index contributed by atoms with van der Waals surface area (Å²) in [7, 11) is 0. The Morgan fingerprint density at radius 3 is 1.38 bits per heavy atom. The first-order valence-electron chi connectivity index (χ1n) is 8.60. The lowest BCUT2D eigenvalue weighted by Crippen LogP contribution is -2.54. The maximum atomic E-state index is 12.4. The summed E-state index contributed by atoms with van der Waals surface area (Å²) in [6, 6.07) is 17.6. The first-order chi connectivity index (χ1) is 12.7. The summed E-state index contributed by atoms with van der Waals surface area (Å²) >= 11 is 0. The lowest BCUT2D eigenvalue weighted by Gasteiger charge is -2.28. The van der Waals surface area contributed by atoms with E-state index in [9.17, 15) is 9.59 Å². The van der Waals surface area contributed by atoms with Crippen molar-refractivity contribution >= 4 is 11.8 Å². The minimum absolute atomic E-state index is 0.303. The highest BCUT2D eigenvalue weighted by molar-refractivity contribution is 5.95. The minimum atomic E-state index is -0.819. The summed E-state index contributed by atoms with van der Waals surface area (Å²) in [6.07, 6.45) is -1.64. The second-order valence-corrected chi connectivity index (χ2v) is 5.43. The highest BCUT2D eigenvalue weighted by Crippen LogP contribution is 2.06. The molecule has 0 saturated heterocycles. The molecule has 0 aliphatic carbocycles. The number of rotatable bonds is 9. The lowest BCUT2D eigenvalue weighted by molar-refractivity contribution is -0.0874. The molecule has 0 aromatic heterocycles. The number of nitrogens with one attached hydrogen (secondary N) is 2. The summed E-state index contributed by atoms with van der Waals surface area (Å²) in [5.41, 5.74) is 1.00. The van der Waals surface area contributed by atoms with E-state index in [-0.39, 0.29) is 11.8 Å². The molecule has 0 heterocycles.